The first-order valence-corrected chi connectivity index (χ1v) is 22.9. The molecule has 0 saturated heterocycles. The molecule has 3 atom stereocenters. The first-order chi connectivity index (χ1) is 17.2. The Morgan fingerprint density at radius 3 is 1.71 bits per heavy atom. The summed E-state index contributed by atoms with van der Waals surface area (Å²) in [6, 6.07) is 3.00. The molecule has 0 N–H and O–H groups in total. The molecular formula is C30H56O5Si3. The quantitative estimate of drug-likeness (QED) is 0.242. The Hall–Kier alpha value is -0.779. The maximum Gasteiger partial charge on any atom is 0.194 e. The van der Waals surface area contributed by atoms with E-state index in [2.05, 4.69) is 102 Å². The van der Waals surface area contributed by atoms with E-state index in [0.29, 0.717) is 0 Å². The summed E-state index contributed by atoms with van der Waals surface area (Å²) >= 11 is 0. The second-order valence-corrected chi connectivity index (χ2v) is 28.5. The summed E-state index contributed by atoms with van der Waals surface area (Å²) in [6.07, 6.45) is 8.42. The topological polar surface area (TPSA) is 54.0 Å². The third kappa shape index (κ3) is 7.10. The van der Waals surface area contributed by atoms with Crippen molar-refractivity contribution in [2.75, 3.05) is 0 Å². The number of hydrogen-bond acceptors (Lipinski definition) is 5. The van der Waals surface area contributed by atoms with Crippen molar-refractivity contribution in [1.82, 2.24) is 0 Å². The first kappa shape index (κ1) is 33.4. The summed E-state index contributed by atoms with van der Waals surface area (Å²) in [5.41, 5.74) is -0.909. The van der Waals surface area contributed by atoms with Crippen molar-refractivity contribution in [3.8, 4) is 0 Å². The maximum atomic E-state index is 12.2. The van der Waals surface area contributed by atoms with Crippen LogP contribution in [0.15, 0.2) is 36.1 Å². The first-order valence-electron chi connectivity index (χ1n) is 14.6. The molecule has 5 nitrogen and oxygen atoms in total. The fourth-order valence-corrected chi connectivity index (χ4v) is 9.95. The zero-order chi connectivity index (χ0) is 29.4. The van der Waals surface area contributed by atoms with Gasteiger partial charge in [-0.1, -0.05) is 62.3 Å². The molecule has 1 aliphatic heterocycles. The Bertz CT molecular complexity index is 908. The molecule has 0 bridgehead atoms. The van der Waals surface area contributed by atoms with Crippen LogP contribution in [0.2, 0.25) is 54.4 Å². The van der Waals surface area contributed by atoms with Crippen LogP contribution in [0.4, 0.5) is 0 Å². The Morgan fingerprint density at radius 2 is 1.29 bits per heavy atom. The molecular weight excluding hydrogens is 525 g/mol. The Balaban J connectivity index is 2.68. The van der Waals surface area contributed by atoms with Gasteiger partial charge in [-0.15, -0.1) is 0 Å². The van der Waals surface area contributed by atoms with Crippen molar-refractivity contribution in [3.63, 3.8) is 0 Å². The Labute approximate surface area is 236 Å². The number of ketones is 1. The molecule has 8 heteroatoms. The summed E-state index contributed by atoms with van der Waals surface area (Å²) < 4.78 is 28.0. The second kappa shape index (κ2) is 11.6. The van der Waals surface area contributed by atoms with Gasteiger partial charge in [0.05, 0.1) is 6.10 Å². The molecule has 2 aliphatic rings. The zero-order valence-electron chi connectivity index (χ0n) is 26.8. The molecule has 2 rings (SSSR count). The third-order valence-corrected chi connectivity index (χ3v) is 23.2. The van der Waals surface area contributed by atoms with Crippen LogP contribution in [0.1, 0.15) is 69.2 Å². The molecule has 0 saturated carbocycles. The van der Waals surface area contributed by atoms with Crippen LogP contribution in [0.3, 0.4) is 0 Å². The molecule has 0 radical (unpaired) electrons. The fraction of sp³-hybridized carbons (Fsp3) is 0.767. The fourth-order valence-electron chi connectivity index (χ4n) is 4.47. The van der Waals surface area contributed by atoms with Gasteiger partial charge in [0.25, 0.3) is 0 Å². The minimum absolute atomic E-state index is 0.0290. The van der Waals surface area contributed by atoms with Crippen molar-refractivity contribution >= 4 is 30.7 Å². The molecule has 1 heterocycles. The van der Waals surface area contributed by atoms with Crippen molar-refractivity contribution in [2.45, 2.75) is 148 Å². The zero-order valence-corrected chi connectivity index (χ0v) is 29.8. The lowest BCUT2D eigenvalue weighted by Crippen LogP contribution is -2.57. The minimum Gasteiger partial charge on any atom is -0.489 e. The number of ether oxygens (including phenoxy) is 1. The maximum absolute atomic E-state index is 12.2. The lowest BCUT2D eigenvalue weighted by molar-refractivity contribution is -0.110. The normalized spacial score (nSPS) is 24.8. The van der Waals surface area contributed by atoms with E-state index in [1.165, 1.54) is 0 Å². The lowest BCUT2D eigenvalue weighted by Gasteiger charge is -2.49. The molecule has 1 aliphatic carbocycles. The van der Waals surface area contributed by atoms with E-state index in [0.717, 1.165) is 23.9 Å². The highest BCUT2D eigenvalue weighted by molar-refractivity contribution is 6.75. The van der Waals surface area contributed by atoms with Crippen LogP contribution in [-0.4, -0.2) is 54.6 Å². The van der Waals surface area contributed by atoms with Crippen LogP contribution in [0, 0.1) is 0 Å². The smallest absolute Gasteiger partial charge is 0.194 e. The largest absolute Gasteiger partial charge is 0.489 e. The number of carbonyl (C=O) groups is 1. The molecule has 0 fully saturated rings. The number of allylic oxidation sites excluding steroid dienone is 2. The summed E-state index contributed by atoms with van der Waals surface area (Å²) in [4.78, 5) is 12.2. The van der Waals surface area contributed by atoms with Crippen LogP contribution in [0.5, 0.6) is 0 Å². The van der Waals surface area contributed by atoms with Gasteiger partial charge in [-0.3, -0.25) is 4.79 Å². The number of carbonyl (C=O) groups excluding carboxylic acids is 1. The van der Waals surface area contributed by atoms with Crippen molar-refractivity contribution < 1.29 is 22.8 Å². The Morgan fingerprint density at radius 1 is 0.842 bits per heavy atom. The van der Waals surface area contributed by atoms with E-state index < -0.39 is 30.6 Å². The van der Waals surface area contributed by atoms with Crippen molar-refractivity contribution in [3.05, 3.63) is 36.1 Å². The predicted octanol–water partition coefficient (Wildman–Crippen LogP) is 8.53. The minimum atomic E-state index is -2.15. The Kier molecular flexibility index (Phi) is 10.2. The van der Waals surface area contributed by atoms with E-state index >= 15 is 0 Å². The molecule has 0 aromatic rings. The lowest BCUT2D eigenvalue weighted by atomic mass is 9.91. The number of rotatable bonds is 10. The monoisotopic (exact) mass is 580 g/mol. The standard InChI is InChI=1S/C30H56O5Si3/c1-15-38(16-2,17-3)35-30(20-18-24(31)19-21-30)26-22-25(33-36(11,12)28(5,6)7)27(23(4)32-26)34-37(13,14)29(8,9)10/h18-23,25,27H,15-17H2,1-14H3/t23-,25-,27-/m0/s1. The van der Waals surface area contributed by atoms with Gasteiger partial charge in [-0.05, 0) is 91.7 Å². The van der Waals surface area contributed by atoms with Crippen molar-refractivity contribution in [1.29, 1.82) is 0 Å². The predicted molar refractivity (Wildman–Crippen MR) is 167 cm³/mol. The summed E-state index contributed by atoms with van der Waals surface area (Å²) in [6.45, 7) is 31.5. The highest BCUT2D eigenvalue weighted by Gasteiger charge is 2.51. The van der Waals surface area contributed by atoms with Crippen LogP contribution in [-0.2, 0) is 22.8 Å². The van der Waals surface area contributed by atoms with Gasteiger partial charge in [0.2, 0.25) is 0 Å². The molecule has 38 heavy (non-hydrogen) atoms. The molecule has 0 spiro atoms. The van der Waals surface area contributed by atoms with Crippen molar-refractivity contribution in [2.24, 2.45) is 0 Å². The summed E-state index contributed by atoms with van der Waals surface area (Å²) in [7, 11) is -6.34. The molecule has 0 unspecified atom stereocenters. The third-order valence-electron chi connectivity index (χ3n) is 9.58. The van der Waals surface area contributed by atoms with Crippen LogP contribution in [0.25, 0.3) is 0 Å². The van der Waals surface area contributed by atoms with E-state index in [1.54, 1.807) is 12.2 Å². The molecule has 218 valence electrons. The van der Waals surface area contributed by atoms with E-state index in [4.69, 9.17) is 18.0 Å². The molecule has 0 amide bonds. The number of hydrogen-bond donors (Lipinski definition) is 0. The highest BCUT2D eigenvalue weighted by atomic mass is 28.4. The van der Waals surface area contributed by atoms with Crippen LogP contribution >= 0.6 is 0 Å². The van der Waals surface area contributed by atoms with Gasteiger partial charge < -0.3 is 18.0 Å². The van der Waals surface area contributed by atoms with Gasteiger partial charge in [-0.25, -0.2) is 0 Å². The van der Waals surface area contributed by atoms with Crippen LogP contribution < -0.4 is 0 Å². The van der Waals surface area contributed by atoms with E-state index in [1.807, 2.05) is 12.2 Å². The summed E-state index contributed by atoms with van der Waals surface area (Å²) in [5.74, 6) is 0.690. The molecule has 0 aromatic heterocycles. The van der Waals surface area contributed by atoms with Gasteiger partial charge >= 0.3 is 0 Å². The average molecular weight is 581 g/mol. The van der Waals surface area contributed by atoms with Gasteiger partial charge in [0.1, 0.15) is 18.0 Å². The van der Waals surface area contributed by atoms with Gasteiger partial charge in [0.15, 0.2) is 36.3 Å². The SMILES string of the molecule is CC[Si](CC)(CC)OC1(C2=C[C@H](O[Si](C)(C)C(C)(C)C)[C@@H](O[Si](C)(C)C(C)(C)C)[C@H](C)O2)C=CC(=O)C=C1. The average Bonchev–Trinajstić information content (AvgIpc) is 2.79. The van der Waals surface area contributed by atoms with E-state index in [-0.39, 0.29) is 34.2 Å². The molecule has 0 aromatic carbocycles. The second-order valence-electron chi connectivity index (χ2n) is 14.2. The van der Waals surface area contributed by atoms with Gasteiger partial charge in [-0.2, -0.15) is 0 Å². The highest BCUT2D eigenvalue weighted by Crippen LogP contribution is 2.45. The van der Waals surface area contributed by atoms with Gasteiger partial charge in [0, 0.05) is 0 Å². The van der Waals surface area contributed by atoms with E-state index in [9.17, 15) is 4.79 Å². The summed E-state index contributed by atoms with van der Waals surface area (Å²) in [5, 5.41) is 0.108.